The number of thioether (sulfide) groups is 1. The number of hydrogen-bond acceptors (Lipinski definition) is 5. The summed E-state index contributed by atoms with van der Waals surface area (Å²) in [5, 5.41) is 8.44. The van der Waals surface area contributed by atoms with Gasteiger partial charge in [0.25, 0.3) is 5.22 Å². The van der Waals surface area contributed by atoms with E-state index in [4.69, 9.17) is 4.42 Å². The van der Waals surface area contributed by atoms with Gasteiger partial charge in [0.05, 0.1) is 5.25 Å². The maximum atomic E-state index is 12.5. The number of carbonyl (C=O) groups excluding carboxylic acids is 1. The molecule has 128 valence electrons. The second kappa shape index (κ2) is 7.38. The Labute approximate surface area is 146 Å². The first kappa shape index (κ1) is 17.0. The molecule has 0 unspecified atom stereocenters. The van der Waals surface area contributed by atoms with Gasteiger partial charge in [0.1, 0.15) is 0 Å². The molecule has 6 heteroatoms. The van der Waals surface area contributed by atoms with Crippen LogP contribution in [0.3, 0.4) is 0 Å². The lowest BCUT2D eigenvalue weighted by Crippen LogP contribution is -2.40. The molecule has 1 amide bonds. The predicted octanol–water partition coefficient (Wildman–Crippen LogP) is 3.85. The molecule has 1 aliphatic heterocycles. The van der Waals surface area contributed by atoms with E-state index in [-0.39, 0.29) is 11.2 Å². The van der Waals surface area contributed by atoms with Gasteiger partial charge in [-0.15, -0.1) is 10.2 Å². The van der Waals surface area contributed by atoms with Crippen molar-refractivity contribution in [3.05, 3.63) is 29.3 Å². The molecule has 0 spiro atoms. The fraction of sp³-hybridized carbons (Fsp3) is 0.500. The lowest BCUT2D eigenvalue weighted by molar-refractivity contribution is -0.131. The number of carbonyl (C=O) groups is 1. The summed E-state index contributed by atoms with van der Waals surface area (Å²) < 4.78 is 5.74. The molecular formula is C18H23N3O2S. The highest BCUT2D eigenvalue weighted by atomic mass is 32.2. The average Bonchev–Trinajstić information content (AvgIpc) is 3.06. The van der Waals surface area contributed by atoms with E-state index in [9.17, 15) is 4.79 Å². The topological polar surface area (TPSA) is 59.2 Å². The van der Waals surface area contributed by atoms with Crippen molar-refractivity contribution in [2.75, 3.05) is 13.1 Å². The number of hydrogen-bond donors (Lipinski definition) is 0. The molecular weight excluding hydrogens is 322 g/mol. The summed E-state index contributed by atoms with van der Waals surface area (Å²) in [7, 11) is 0. The number of rotatable bonds is 4. The lowest BCUT2D eigenvalue weighted by Gasteiger charge is -2.28. The lowest BCUT2D eigenvalue weighted by atomic mass is 10.1. The molecule has 0 bridgehead atoms. The van der Waals surface area contributed by atoms with Crippen molar-refractivity contribution in [1.82, 2.24) is 15.1 Å². The molecule has 1 atom stereocenters. The van der Waals surface area contributed by atoms with Crippen LogP contribution in [-0.4, -0.2) is 39.3 Å². The number of aromatic nitrogens is 2. The minimum atomic E-state index is -0.212. The van der Waals surface area contributed by atoms with Crippen LogP contribution in [0.4, 0.5) is 0 Å². The van der Waals surface area contributed by atoms with E-state index in [0.717, 1.165) is 31.5 Å². The third-order valence-corrected chi connectivity index (χ3v) is 5.38. The molecule has 0 aliphatic carbocycles. The minimum Gasteiger partial charge on any atom is -0.411 e. The van der Waals surface area contributed by atoms with Gasteiger partial charge in [0.15, 0.2) is 0 Å². The zero-order chi connectivity index (χ0) is 17.1. The standard InChI is InChI=1S/C18H23N3O2S/c1-12-7-8-15(11-13(12)2)16-19-20-18(23-16)24-14(3)17(22)21-9-5-4-6-10-21/h7-8,11,14H,4-6,9-10H2,1-3H3/t14-/m0/s1. The SMILES string of the molecule is Cc1ccc(-c2nnc(S[C@@H](C)C(=O)N3CCCCC3)o2)cc1C. The molecule has 1 aromatic carbocycles. The Balaban J connectivity index is 1.66. The van der Waals surface area contributed by atoms with E-state index in [1.165, 1.54) is 29.3 Å². The summed E-state index contributed by atoms with van der Waals surface area (Å²) in [6, 6.07) is 6.07. The number of nitrogens with zero attached hydrogens (tertiary/aromatic N) is 3. The average molecular weight is 345 g/mol. The van der Waals surface area contributed by atoms with Crippen molar-refractivity contribution >= 4 is 17.7 Å². The van der Waals surface area contributed by atoms with Crippen molar-refractivity contribution in [3.8, 4) is 11.5 Å². The molecule has 24 heavy (non-hydrogen) atoms. The zero-order valence-electron chi connectivity index (χ0n) is 14.4. The molecule has 0 radical (unpaired) electrons. The molecule has 1 aliphatic rings. The van der Waals surface area contributed by atoms with Crippen LogP contribution in [0.2, 0.25) is 0 Å². The monoisotopic (exact) mass is 345 g/mol. The molecule has 2 heterocycles. The van der Waals surface area contributed by atoms with Gasteiger partial charge in [0, 0.05) is 18.7 Å². The second-order valence-electron chi connectivity index (χ2n) is 6.32. The molecule has 5 nitrogen and oxygen atoms in total. The quantitative estimate of drug-likeness (QED) is 0.788. The van der Waals surface area contributed by atoms with Gasteiger partial charge in [0.2, 0.25) is 11.8 Å². The highest BCUT2D eigenvalue weighted by Gasteiger charge is 2.24. The van der Waals surface area contributed by atoms with E-state index in [0.29, 0.717) is 11.1 Å². The van der Waals surface area contributed by atoms with Crippen LogP contribution >= 0.6 is 11.8 Å². The number of benzene rings is 1. The maximum absolute atomic E-state index is 12.5. The molecule has 1 saturated heterocycles. The summed E-state index contributed by atoms with van der Waals surface area (Å²) in [6.45, 7) is 7.76. The molecule has 1 aromatic heterocycles. The summed E-state index contributed by atoms with van der Waals surface area (Å²) in [4.78, 5) is 14.4. The van der Waals surface area contributed by atoms with E-state index in [1.54, 1.807) is 0 Å². The fourth-order valence-electron chi connectivity index (χ4n) is 2.82. The number of aryl methyl sites for hydroxylation is 2. The molecule has 2 aromatic rings. The summed E-state index contributed by atoms with van der Waals surface area (Å²) >= 11 is 1.34. The number of likely N-dealkylation sites (tertiary alicyclic amines) is 1. The van der Waals surface area contributed by atoms with Gasteiger partial charge in [-0.3, -0.25) is 4.79 Å². The zero-order valence-corrected chi connectivity index (χ0v) is 15.2. The van der Waals surface area contributed by atoms with Crippen molar-refractivity contribution in [1.29, 1.82) is 0 Å². The summed E-state index contributed by atoms with van der Waals surface area (Å²) in [6.07, 6.45) is 3.41. The van der Waals surface area contributed by atoms with Crippen LogP contribution < -0.4 is 0 Å². The van der Waals surface area contributed by atoms with Crippen molar-refractivity contribution in [3.63, 3.8) is 0 Å². The fourth-order valence-corrected chi connectivity index (χ4v) is 3.59. The Morgan fingerprint density at radius 2 is 1.92 bits per heavy atom. The molecule has 1 fully saturated rings. The Kier molecular flexibility index (Phi) is 5.23. The van der Waals surface area contributed by atoms with Crippen LogP contribution in [0.25, 0.3) is 11.5 Å². The van der Waals surface area contributed by atoms with Crippen molar-refractivity contribution in [2.45, 2.75) is 50.5 Å². The van der Waals surface area contributed by atoms with Crippen LogP contribution in [0, 0.1) is 13.8 Å². The first-order chi connectivity index (χ1) is 11.5. The highest BCUT2D eigenvalue weighted by molar-refractivity contribution is 8.00. The Morgan fingerprint density at radius 1 is 1.17 bits per heavy atom. The number of amides is 1. The molecule has 3 rings (SSSR count). The van der Waals surface area contributed by atoms with Gasteiger partial charge in [-0.1, -0.05) is 17.8 Å². The third kappa shape index (κ3) is 3.80. The van der Waals surface area contributed by atoms with Crippen LogP contribution in [0.5, 0.6) is 0 Å². The van der Waals surface area contributed by atoms with Gasteiger partial charge in [-0.25, -0.2) is 0 Å². The van der Waals surface area contributed by atoms with Gasteiger partial charge >= 0.3 is 0 Å². The summed E-state index contributed by atoms with van der Waals surface area (Å²) in [5.41, 5.74) is 3.33. The van der Waals surface area contributed by atoms with Gasteiger partial charge in [-0.05, 0) is 63.3 Å². The van der Waals surface area contributed by atoms with Crippen LogP contribution in [0.15, 0.2) is 27.8 Å². The maximum Gasteiger partial charge on any atom is 0.277 e. The van der Waals surface area contributed by atoms with E-state index < -0.39 is 0 Å². The van der Waals surface area contributed by atoms with Crippen LogP contribution in [0.1, 0.15) is 37.3 Å². The van der Waals surface area contributed by atoms with E-state index in [1.807, 2.05) is 30.0 Å². The normalized spacial score (nSPS) is 16.2. The Hall–Kier alpha value is -1.82. The highest BCUT2D eigenvalue weighted by Crippen LogP contribution is 2.28. The second-order valence-corrected chi connectivity index (χ2v) is 7.61. The van der Waals surface area contributed by atoms with Crippen molar-refractivity contribution in [2.24, 2.45) is 0 Å². The molecule has 0 saturated carbocycles. The van der Waals surface area contributed by atoms with E-state index >= 15 is 0 Å². The first-order valence-electron chi connectivity index (χ1n) is 8.41. The molecule has 0 N–H and O–H groups in total. The van der Waals surface area contributed by atoms with Gasteiger partial charge in [-0.2, -0.15) is 0 Å². The van der Waals surface area contributed by atoms with Crippen LogP contribution in [-0.2, 0) is 4.79 Å². The van der Waals surface area contributed by atoms with Crippen molar-refractivity contribution < 1.29 is 9.21 Å². The number of piperidine rings is 1. The predicted molar refractivity (Wildman–Crippen MR) is 95.0 cm³/mol. The minimum absolute atomic E-state index is 0.158. The first-order valence-corrected chi connectivity index (χ1v) is 9.29. The Morgan fingerprint density at radius 3 is 2.62 bits per heavy atom. The smallest absolute Gasteiger partial charge is 0.277 e. The summed E-state index contributed by atoms with van der Waals surface area (Å²) in [5.74, 6) is 0.656. The third-order valence-electron chi connectivity index (χ3n) is 4.45. The largest absolute Gasteiger partial charge is 0.411 e. The van der Waals surface area contributed by atoms with E-state index in [2.05, 4.69) is 24.0 Å². The van der Waals surface area contributed by atoms with Gasteiger partial charge < -0.3 is 9.32 Å². The Bertz CT molecular complexity index is 723.